The third-order valence-electron chi connectivity index (χ3n) is 4.29. The second kappa shape index (κ2) is 8.09. The molecule has 0 radical (unpaired) electrons. The largest absolute Gasteiger partial charge is 0.338 e. The van der Waals surface area contributed by atoms with Crippen LogP contribution in [-0.2, 0) is 4.79 Å². The zero-order chi connectivity index (χ0) is 18.5. The molecule has 1 aliphatic rings. The first-order chi connectivity index (χ1) is 12.5. The summed E-state index contributed by atoms with van der Waals surface area (Å²) in [6, 6.07) is 8.66. The van der Waals surface area contributed by atoms with Gasteiger partial charge in [0, 0.05) is 24.6 Å². The van der Waals surface area contributed by atoms with Gasteiger partial charge in [0.2, 0.25) is 5.91 Å². The fourth-order valence-corrected chi connectivity index (χ4v) is 3.49. The van der Waals surface area contributed by atoms with Gasteiger partial charge in [-0.1, -0.05) is 6.07 Å². The zero-order valence-corrected chi connectivity index (χ0v) is 14.7. The Hall–Kier alpha value is -2.74. The van der Waals surface area contributed by atoms with Crippen LogP contribution in [0.2, 0.25) is 0 Å². The Kier molecular flexibility index (Phi) is 5.62. The van der Waals surface area contributed by atoms with Gasteiger partial charge in [-0.05, 0) is 48.6 Å². The van der Waals surface area contributed by atoms with Gasteiger partial charge in [0.05, 0.1) is 4.88 Å². The molecule has 2 aromatic rings. The SMILES string of the molecule is O=C(NNC(=O)C1CCN(C(=O)c2cccs2)CC1)c1ccc(F)cc1. The van der Waals surface area contributed by atoms with Gasteiger partial charge in [-0.25, -0.2) is 4.39 Å². The van der Waals surface area contributed by atoms with Crippen LogP contribution in [0.25, 0.3) is 0 Å². The van der Waals surface area contributed by atoms with Crippen molar-refractivity contribution in [3.05, 3.63) is 58.0 Å². The minimum atomic E-state index is -0.511. The van der Waals surface area contributed by atoms with Crippen molar-refractivity contribution in [1.82, 2.24) is 15.8 Å². The molecule has 1 saturated heterocycles. The maximum Gasteiger partial charge on any atom is 0.269 e. The third-order valence-corrected chi connectivity index (χ3v) is 5.15. The number of hydrogen-bond acceptors (Lipinski definition) is 4. The number of rotatable bonds is 3. The molecule has 3 amide bonds. The van der Waals surface area contributed by atoms with Gasteiger partial charge in [0.1, 0.15) is 5.82 Å². The quantitative estimate of drug-likeness (QED) is 0.808. The highest BCUT2D eigenvalue weighted by molar-refractivity contribution is 7.12. The van der Waals surface area contributed by atoms with Gasteiger partial charge >= 0.3 is 0 Å². The van der Waals surface area contributed by atoms with Gasteiger partial charge in [-0.3, -0.25) is 25.2 Å². The molecule has 136 valence electrons. The summed E-state index contributed by atoms with van der Waals surface area (Å²) >= 11 is 1.40. The number of nitrogens with zero attached hydrogens (tertiary/aromatic N) is 1. The van der Waals surface area contributed by atoms with E-state index in [9.17, 15) is 18.8 Å². The molecule has 0 bridgehead atoms. The Labute approximate surface area is 154 Å². The lowest BCUT2D eigenvalue weighted by atomic mass is 9.96. The lowest BCUT2D eigenvalue weighted by Crippen LogP contribution is -2.48. The van der Waals surface area contributed by atoms with Crippen LogP contribution in [0.4, 0.5) is 4.39 Å². The van der Waals surface area contributed by atoms with E-state index in [2.05, 4.69) is 10.9 Å². The molecule has 8 heteroatoms. The Morgan fingerprint density at radius 2 is 1.73 bits per heavy atom. The van der Waals surface area contributed by atoms with Crippen LogP contribution in [0, 0.1) is 11.7 Å². The van der Waals surface area contributed by atoms with E-state index in [0.717, 1.165) is 0 Å². The van der Waals surface area contributed by atoms with Crippen molar-refractivity contribution in [2.45, 2.75) is 12.8 Å². The predicted octanol–water partition coefficient (Wildman–Crippen LogP) is 2.20. The van der Waals surface area contributed by atoms with Crippen LogP contribution in [0.3, 0.4) is 0 Å². The summed E-state index contributed by atoms with van der Waals surface area (Å²) in [5, 5.41) is 1.86. The average Bonchev–Trinajstić information content (AvgIpc) is 3.20. The molecule has 26 heavy (non-hydrogen) atoms. The van der Waals surface area contributed by atoms with E-state index < -0.39 is 11.7 Å². The maximum absolute atomic E-state index is 12.9. The van der Waals surface area contributed by atoms with Crippen LogP contribution < -0.4 is 10.9 Å². The highest BCUT2D eigenvalue weighted by Crippen LogP contribution is 2.20. The van der Waals surface area contributed by atoms with E-state index in [1.54, 1.807) is 11.0 Å². The molecule has 6 nitrogen and oxygen atoms in total. The van der Waals surface area contributed by atoms with Gasteiger partial charge in [0.15, 0.2) is 0 Å². The van der Waals surface area contributed by atoms with Crippen molar-refractivity contribution in [2.24, 2.45) is 5.92 Å². The molecule has 0 atom stereocenters. The first-order valence-electron chi connectivity index (χ1n) is 8.23. The zero-order valence-electron chi connectivity index (χ0n) is 13.9. The summed E-state index contributed by atoms with van der Waals surface area (Å²) in [7, 11) is 0. The molecule has 0 aliphatic carbocycles. The molecule has 1 aliphatic heterocycles. The normalized spacial score (nSPS) is 14.7. The van der Waals surface area contributed by atoms with Crippen molar-refractivity contribution in [2.75, 3.05) is 13.1 Å². The van der Waals surface area contributed by atoms with Crippen LogP contribution in [-0.4, -0.2) is 35.7 Å². The monoisotopic (exact) mass is 375 g/mol. The Morgan fingerprint density at radius 1 is 1.04 bits per heavy atom. The molecule has 0 saturated carbocycles. The summed E-state index contributed by atoms with van der Waals surface area (Å²) in [5.41, 5.74) is 4.99. The number of carbonyl (C=O) groups excluding carboxylic acids is 3. The van der Waals surface area contributed by atoms with E-state index in [4.69, 9.17) is 0 Å². The van der Waals surface area contributed by atoms with Crippen molar-refractivity contribution in [3.63, 3.8) is 0 Å². The highest BCUT2D eigenvalue weighted by atomic mass is 32.1. The smallest absolute Gasteiger partial charge is 0.269 e. The molecule has 0 unspecified atom stereocenters. The number of carbonyl (C=O) groups is 3. The van der Waals surface area contributed by atoms with Crippen LogP contribution >= 0.6 is 11.3 Å². The lowest BCUT2D eigenvalue weighted by Gasteiger charge is -2.31. The molecule has 3 rings (SSSR count). The lowest BCUT2D eigenvalue weighted by molar-refractivity contribution is -0.127. The summed E-state index contributed by atoms with van der Waals surface area (Å²) in [4.78, 5) is 38.8. The van der Waals surface area contributed by atoms with E-state index in [-0.39, 0.29) is 23.3 Å². The van der Waals surface area contributed by atoms with Gasteiger partial charge < -0.3 is 4.90 Å². The molecule has 2 heterocycles. The molecule has 1 fully saturated rings. The number of hydrazine groups is 1. The second-order valence-electron chi connectivity index (χ2n) is 5.99. The molecular formula is C18H18FN3O3S. The van der Waals surface area contributed by atoms with E-state index in [1.807, 2.05) is 11.4 Å². The minimum Gasteiger partial charge on any atom is -0.338 e. The standard InChI is InChI=1S/C18H18FN3O3S/c19-14-5-3-12(4-6-14)16(23)20-21-17(24)13-7-9-22(10-8-13)18(25)15-2-1-11-26-15/h1-6,11,13H,7-10H2,(H,20,23)(H,21,24). The van der Waals surface area contributed by atoms with Crippen molar-refractivity contribution in [3.8, 4) is 0 Å². The number of amides is 3. The van der Waals surface area contributed by atoms with Crippen molar-refractivity contribution in [1.29, 1.82) is 0 Å². The van der Waals surface area contributed by atoms with Gasteiger partial charge in [-0.15, -0.1) is 11.3 Å². The second-order valence-corrected chi connectivity index (χ2v) is 6.94. The number of piperidine rings is 1. The van der Waals surface area contributed by atoms with E-state index >= 15 is 0 Å². The number of thiophene rings is 1. The first kappa shape index (κ1) is 18.1. The van der Waals surface area contributed by atoms with Crippen molar-refractivity contribution >= 4 is 29.1 Å². The fraction of sp³-hybridized carbons (Fsp3) is 0.278. The number of benzene rings is 1. The molecule has 2 N–H and O–H groups in total. The third kappa shape index (κ3) is 4.26. The summed E-state index contributed by atoms with van der Waals surface area (Å²) in [6.07, 6.45) is 1.07. The highest BCUT2D eigenvalue weighted by Gasteiger charge is 2.28. The Balaban J connectivity index is 1.45. The molecular weight excluding hydrogens is 357 g/mol. The molecule has 0 spiro atoms. The van der Waals surface area contributed by atoms with Gasteiger partial charge in [-0.2, -0.15) is 0 Å². The first-order valence-corrected chi connectivity index (χ1v) is 9.11. The predicted molar refractivity (Wildman–Crippen MR) is 95.0 cm³/mol. The summed E-state index contributed by atoms with van der Waals surface area (Å²) in [5.74, 6) is -1.51. The number of nitrogens with one attached hydrogen (secondary N) is 2. The Morgan fingerprint density at radius 3 is 2.35 bits per heavy atom. The van der Waals surface area contributed by atoms with Crippen LogP contribution in [0.5, 0.6) is 0 Å². The molecule has 1 aromatic carbocycles. The summed E-state index contributed by atoms with van der Waals surface area (Å²) < 4.78 is 12.9. The van der Waals surface area contributed by atoms with E-state index in [0.29, 0.717) is 30.8 Å². The van der Waals surface area contributed by atoms with Crippen LogP contribution in [0.15, 0.2) is 41.8 Å². The minimum absolute atomic E-state index is 0.0107. The van der Waals surface area contributed by atoms with E-state index in [1.165, 1.54) is 35.6 Å². The Bertz CT molecular complexity index is 785. The fourth-order valence-electron chi connectivity index (χ4n) is 2.79. The number of hydrogen-bond donors (Lipinski definition) is 2. The van der Waals surface area contributed by atoms with Crippen molar-refractivity contribution < 1.29 is 18.8 Å². The summed E-state index contributed by atoms with van der Waals surface area (Å²) in [6.45, 7) is 1.00. The maximum atomic E-state index is 12.9. The molecule has 1 aromatic heterocycles. The van der Waals surface area contributed by atoms with Gasteiger partial charge in [0.25, 0.3) is 11.8 Å². The average molecular weight is 375 g/mol. The topological polar surface area (TPSA) is 78.5 Å². The van der Waals surface area contributed by atoms with Crippen LogP contribution in [0.1, 0.15) is 32.9 Å². The number of likely N-dealkylation sites (tertiary alicyclic amines) is 1. The number of halogens is 1.